The van der Waals surface area contributed by atoms with E-state index >= 15 is 0 Å². The summed E-state index contributed by atoms with van der Waals surface area (Å²) in [7, 11) is 1.60. The van der Waals surface area contributed by atoms with Gasteiger partial charge in [0.05, 0.1) is 24.6 Å². The number of nitrogens with zero attached hydrogens (tertiary/aromatic N) is 3. The van der Waals surface area contributed by atoms with Gasteiger partial charge in [0.1, 0.15) is 17.4 Å². The summed E-state index contributed by atoms with van der Waals surface area (Å²) in [5.74, 6) is 0.615. The molecule has 0 unspecified atom stereocenters. The summed E-state index contributed by atoms with van der Waals surface area (Å²) in [6.45, 7) is 5.64. The third-order valence-corrected chi connectivity index (χ3v) is 6.25. The van der Waals surface area contributed by atoms with E-state index in [9.17, 15) is 14.3 Å². The number of halogens is 2. The summed E-state index contributed by atoms with van der Waals surface area (Å²) in [6.07, 6.45) is 2.35. The minimum absolute atomic E-state index is 0.0523. The van der Waals surface area contributed by atoms with Gasteiger partial charge in [-0.1, -0.05) is 42.4 Å². The zero-order valence-corrected chi connectivity index (χ0v) is 20.6. The summed E-state index contributed by atoms with van der Waals surface area (Å²) < 4.78 is 18.0. The molecule has 1 saturated heterocycles. The maximum Gasteiger partial charge on any atom is 0.335 e. The Balaban J connectivity index is 1.49. The highest BCUT2D eigenvalue weighted by Gasteiger charge is 2.26. The lowest BCUT2D eigenvalue weighted by atomic mass is 9.92. The van der Waals surface area contributed by atoms with Crippen molar-refractivity contribution in [1.29, 1.82) is 0 Å². The first-order valence-corrected chi connectivity index (χ1v) is 11.8. The number of methoxy groups -OCH3 is 1. The minimum Gasteiger partial charge on any atom is -0.495 e. The Kier molecular flexibility index (Phi) is 8.02. The van der Waals surface area contributed by atoms with E-state index in [1.165, 1.54) is 6.20 Å². The second-order valence-corrected chi connectivity index (χ2v) is 8.93. The van der Waals surface area contributed by atoms with Crippen molar-refractivity contribution in [3.63, 3.8) is 0 Å². The van der Waals surface area contributed by atoms with E-state index in [4.69, 9.17) is 16.3 Å². The van der Waals surface area contributed by atoms with Crippen molar-refractivity contribution in [2.45, 2.75) is 6.42 Å². The normalized spacial score (nSPS) is 13.6. The van der Waals surface area contributed by atoms with Crippen LogP contribution in [-0.4, -0.2) is 59.4 Å². The number of likely N-dealkylation sites (tertiary alicyclic amines) is 1. The van der Waals surface area contributed by atoms with Gasteiger partial charge in [-0.25, -0.2) is 14.2 Å². The molecule has 0 radical (unpaired) electrons. The molecule has 0 amide bonds. The second-order valence-electron chi connectivity index (χ2n) is 8.52. The first-order valence-electron chi connectivity index (χ1n) is 11.4. The highest BCUT2D eigenvalue weighted by Crippen LogP contribution is 2.32. The Hall–Kier alpha value is -3.69. The van der Waals surface area contributed by atoms with E-state index in [2.05, 4.69) is 32.1 Å². The van der Waals surface area contributed by atoms with Crippen LogP contribution in [0.1, 0.15) is 11.1 Å². The van der Waals surface area contributed by atoms with E-state index in [0.29, 0.717) is 41.0 Å². The lowest BCUT2D eigenvalue weighted by Gasteiger charge is -2.38. The van der Waals surface area contributed by atoms with Gasteiger partial charge in [0.15, 0.2) is 5.82 Å². The predicted molar refractivity (Wildman–Crippen MR) is 139 cm³/mol. The third-order valence-electron chi connectivity index (χ3n) is 5.98. The Morgan fingerprint density at radius 2 is 2.03 bits per heavy atom. The fraction of sp³-hybridized carbons (Fsp3) is 0.269. The molecule has 1 fully saturated rings. The number of ether oxygens (including phenoxy) is 1. The number of hydrogen-bond acceptors (Lipinski definition) is 7. The van der Waals surface area contributed by atoms with Crippen molar-refractivity contribution in [1.82, 2.24) is 14.9 Å². The lowest BCUT2D eigenvalue weighted by Crippen LogP contribution is -2.48. The summed E-state index contributed by atoms with van der Waals surface area (Å²) in [5, 5.41) is 15.8. The fourth-order valence-corrected chi connectivity index (χ4v) is 4.28. The van der Waals surface area contributed by atoms with Crippen molar-refractivity contribution in [3.8, 4) is 5.75 Å². The topological polar surface area (TPSA) is 99.6 Å². The molecule has 2 aromatic carbocycles. The Morgan fingerprint density at radius 3 is 2.75 bits per heavy atom. The van der Waals surface area contributed by atoms with Crippen LogP contribution in [0.25, 0.3) is 5.57 Å². The number of carbonyl (C=O) groups is 1. The van der Waals surface area contributed by atoms with Gasteiger partial charge >= 0.3 is 5.97 Å². The molecule has 8 nitrogen and oxygen atoms in total. The predicted octanol–water partition coefficient (Wildman–Crippen LogP) is 5.17. The molecule has 0 spiro atoms. The molecular formula is C26H27ClFN5O3. The average Bonchev–Trinajstić information content (AvgIpc) is 2.85. The number of hydrogen-bond donors (Lipinski definition) is 3. The number of anilines is 4. The second kappa shape index (κ2) is 11.4. The number of alkyl halides is 1. The van der Waals surface area contributed by atoms with Crippen LogP contribution in [0.2, 0.25) is 5.02 Å². The molecule has 188 valence electrons. The van der Waals surface area contributed by atoms with E-state index in [-0.39, 0.29) is 23.2 Å². The molecule has 1 aliphatic rings. The molecule has 0 atom stereocenters. The van der Waals surface area contributed by atoms with Crippen LogP contribution in [-0.2, 0) is 11.2 Å². The molecule has 10 heteroatoms. The SMILES string of the molecule is C=C(C(=O)O)c1ccccc1Nc1nc(Nc2ccc(CC3CN(CCF)C3)cc2OC)ncc1Cl. The number of rotatable bonds is 11. The first-order chi connectivity index (χ1) is 17.4. The van der Waals surface area contributed by atoms with Crippen LogP contribution < -0.4 is 15.4 Å². The van der Waals surface area contributed by atoms with E-state index in [1.54, 1.807) is 31.4 Å². The van der Waals surface area contributed by atoms with Crippen molar-refractivity contribution in [3.05, 3.63) is 71.4 Å². The van der Waals surface area contributed by atoms with Gasteiger partial charge in [-0.15, -0.1) is 0 Å². The highest BCUT2D eigenvalue weighted by atomic mass is 35.5. The summed E-state index contributed by atoms with van der Waals surface area (Å²) in [6, 6.07) is 12.8. The van der Waals surface area contributed by atoms with Crippen molar-refractivity contribution >= 4 is 46.3 Å². The zero-order valence-electron chi connectivity index (χ0n) is 19.8. The van der Waals surface area contributed by atoms with Gasteiger partial charge in [0, 0.05) is 30.9 Å². The Labute approximate surface area is 213 Å². The maximum absolute atomic E-state index is 12.5. The standard InChI is InChI=1S/C26H27ClFN5O3/c1-16(25(34)35)19-5-3-4-6-21(19)30-24-20(27)13-29-26(32-24)31-22-8-7-17(12-23(22)36-2)11-18-14-33(15-18)10-9-28/h3-8,12-13,18H,1,9-11,14-15H2,2H3,(H,34,35)(H2,29,30,31,32). The Bertz CT molecular complexity index is 1270. The quantitative estimate of drug-likeness (QED) is 0.303. The van der Waals surface area contributed by atoms with Crippen molar-refractivity contribution < 1.29 is 19.0 Å². The monoisotopic (exact) mass is 511 g/mol. The van der Waals surface area contributed by atoms with Gasteiger partial charge in [0.25, 0.3) is 0 Å². The molecule has 0 aliphatic carbocycles. The minimum atomic E-state index is -1.12. The van der Waals surface area contributed by atoms with E-state index in [0.717, 1.165) is 25.1 Å². The van der Waals surface area contributed by atoms with Crippen molar-refractivity contribution in [2.75, 3.05) is 44.1 Å². The molecule has 3 aromatic rings. The first kappa shape index (κ1) is 25.4. The number of aliphatic carboxylic acids is 1. The number of aromatic nitrogens is 2. The number of carboxylic acids is 1. The Morgan fingerprint density at radius 1 is 1.25 bits per heavy atom. The molecule has 36 heavy (non-hydrogen) atoms. The van der Waals surface area contributed by atoms with Crippen LogP contribution in [0.5, 0.6) is 5.75 Å². The number of nitrogens with one attached hydrogen (secondary N) is 2. The summed E-state index contributed by atoms with van der Waals surface area (Å²) in [5.41, 5.74) is 2.69. The number of benzene rings is 2. The van der Waals surface area contributed by atoms with E-state index in [1.807, 2.05) is 18.2 Å². The van der Waals surface area contributed by atoms with Gasteiger partial charge in [-0.3, -0.25) is 0 Å². The molecule has 1 aliphatic heterocycles. The largest absolute Gasteiger partial charge is 0.495 e. The highest BCUT2D eigenvalue weighted by molar-refractivity contribution is 6.33. The van der Waals surface area contributed by atoms with Gasteiger partial charge in [0.2, 0.25) is 5.95 Å². The molecule has 0 bridgehead atoms. The molecular weight excluding hydrogens is 485 g/mol. The summed E-state index contributed by atoms with van der Waals surface area (Å²) in [4.78, 5) is 22.3. The molecule has 0 saturated carbocycles. The summed E-state index contributed by atoms with van der Waals surface area (Å²) >= 11 is 6.32. The average molecular weight is 512 g/mol. The van der Waals surface area contributed by atoms with E-state index < -0.39 is 5.97 Å². The fourth-order valence-electron chi connectivity index (χ4n) is 4.14. The number of carboxylic acid groups (broad SMARTS) is 1. The molecule has 4 rings (SSSR count). The van der Waals surface area contributed by atoms with Crippen LogP contribution in [0, 0.1) is 5.92 Å². The van der Waals surface area contributed by atoms with Gasteiger partial charge in [-0.05, 0) is 36.1 Å². The smallest absolute Gasteiger partial charge is 0.335 e. The van der Waals surface area contributed by atoms with Crippen LogP contribution in [0.15, 0.2) is 55.2 Å². The van der Waals surface area contributed by atoms with Crippen LogP contribution in [0.4, 0.5) is 27.5 Å². The number of para-hydroxylation sites is 1. The third kappa shape index (κ3) is 5.92. The molecule has 3 N–H and O–H groups in total. The zero-order chi connectivity index (χ0) is 25.7. The molecule has 1 aromatic heterocycles. The van der Waals surface area contributed by atoms with Crippen LogP contribution >= 0.6 is 11.6 Å². The van der Waals surface area contributed by atoms with Crippen molar-refractivity contribution in [2.24, 2.45) is 5.92 Å². The van der Waals surface area contributed by atoms with Gasteiger partial charge < -0.3 is 25.4 Å². The molecule has 2 heterocycles. The van der Waals surface area contributed by atoms with Gasteiger partial charge in [-0.2, -0.15) is 4.98 Å². The maximum atomic E-state index is 12.5. The lowest BCUT2D eigenvalue weighted by molar-refractivity contribution is -0.130. The van der Waals surface area contributed by atoms with Crippen LogP contribution in [0.3, 0.4) is 0 Å².